The maximum Gasteiger partial charge on any atom is 0.223 e. The van der Waals surface area contributed by atoms with Crippen LogP contribution in [-0.4, -0.2) is 35.0 Å². The lowest BCUT2D eigenvalue weighted by atomic mass is 9.96. The highest BCUT2D eigenvalue weighted by atomic mass is 16.2. The number of anilines is 1. The van der Waals surface area contributed by atoms with Gasteiger partial charge in [-0.3, -0.25) is 9.78 Å². The fourth-order valence-electron chi connectivity index (χ4n) is 2.61. The Bertz CT molecular complexity index is 464. The van der Waals surface area contributed by atoms with Crippen molar-refractivity contribution in [2.75, 3.05) is 18.0 Å². The molecule has 0 aromatic carbocycles. The third kappa shape index (κ3) is 2.85. The van der Waals surface area contributed by atoms with Gasteiger partial charge < -0.3 is 10.2 Å². The average Bonchev–Trinajstić information content (AvgIpc) is 3.23. The number of aromatic nitrogens is 2. The van der Waals surface area contributed by atoms with Crippen molar-refractivity contribution in [1.29, 1.82) is 0 Å². The molecule has 5 nitrogen and oxygen atoms in total. The summed E-state index contributed by atoms with van der Waals surface area (Å²) in [5.41, 5.74) is 0.961. The van der Waals surface area contributed by atoms with E-state index in [0.717, 1.165) is 50.3 Å². The van der Waals surface area contributed by atoms with Crippen LogP contribution in [0.15, 0.2) is 12.4 Å². The van der Waals surface area contributed by atoms with Gasteiger partial charge in [0.05, 0.1) is 5.69 Å². The number of carbonyl (C=O) groups excluding carboxylic acids is 1. The maximum absolute atomic E-state index is 12.0. The normalized spacial score (nSPS) is 20.4. The molecule has 0 radical (unpaired) electrons. The zero-order valence-corrected chi connectivity index (χ0v) is 11.3. The second-order valence-corrected chi connectivity index (χ2v) is 5.51. The van der Waals surface area contributed by atoms with E-state index in [1.54, 1.807) is 12.4 Å². The summed E-state index contributed by atoms with van der Waals surface area (Å²) in [6.07, 6.45) is 7.58. The third-order valence-corrected chi connectivity index (χ3v) is 3.94. The number of hydrogen-bond donors (Lipinski definition) is 1. The lowest BCUT2D eigenvalue weighted by Crippen LogP contribution is -2.41. The first-order valence-corrected chi connectivity index (χ1v) is 7.07. The molecule has 19 heavy (non-hydrogen) atoms. The first-order chi connectivity index (χ1) is 9.24. The molecule has 5 heteroatoms. The highest BCUT2D eigenvalue weighted by molar-refractivity contribution is 5.79. The van der Waals surface area contributed by atoms with Crippen molar-refractivity contribution < 1.29 is 4.79 Å². The number of carbonyl (C=O) groups is 1. The van der Waals surface area contributed by atoms with Crippen LogP contribution in [0.1, 0.15) is 31.4 Å². The van der Waals surface area contributed by atoms with Gasteiger partial charge in [-0.15, -0.1) is 0 Å². The molecule has 102 valence electrons. The molecular formula is C14H20N4O. The van der Waals surface area contributed by atoms with Gasteiger partial charge in [0.25, 0.3) is 0 Å². The van der Waals surface area contributed by atoms with Gasteiger partial charge in [0.15, 0.2) is 0 Å². The summed E-state index contributed by atoms with van der Waals surface area (Å²) < 4.78 is 0. The predicted octanol–water partition coefficient (Wildman–Crippen LogP) is 1.28. The van der Waals surface area contributed by atoms with Crippen LogP contribution in [-0.2, 0) is 4.79 Å². The molecule has 1 aliphatic carbocycles. The number of hydrogen-bond acceptors (Lipinski definition) is 4. The van der Waals surface area contributed by atoms with E-state index in [0.29, 0.717) is 6.04 Å². The molecule has 0 spiro atoms. The van der Waals surface area contributed by atoms with Crippen molar-refractivity contribution >= 4 is 11.7 Å². The smallest absolute Gasteiger partial charge is 0.223 e. The van der Waals surface area contributed by atoms with Crippen LogP contribution < -0.4 is 10.2 Å². The van der Waals surface area contributed by atoms with Gasteiger partial charge in [-0.2, -0.15) is 0 Å². The Kier molecular flexibility index (Phi) is 3.36. The van der Waals surface area contributed by atoms with Gasteiger partial charge >= 0.3 is 0 Å². The Morgan fingerprint density at radius 1 is 1.21 bits per heavy atom. The van der Waals surface area contributed by atoms with E-state index in [9.17, 15) is 4.79 Å². The van der Waals surface area contributed by atoms with E-state index in [1.165, 1.54) is 0 Å². The molecule has 1 aromatic heterocycles. The van der Waals surface area contributed by atoms with Crippen LogP contribution in [0.4, 0.5) is 5.82 Å². The molecule has 0 unspecified atom stereocenters. The summed E-state index contributed by atoms with van der Waals surface area (Å²) in [5.74, 6) is 1.38. The second-order valence-electron chi connectivity index (χ2n) is 5.51. The van der Waals surface area contributed by atoms with Crippen molar-refractivity contribution in [1.82, 2.24) is 15.3 Å². The first kappa shape index (κ1) is 12.4. The Labute approximate surface area is 113 Å². The number of piperidine rings is 1. The molecular weight excluding hydrogens is 240 g/mol. The van der Waals surface area contributed by atoms with E-state index in [1.807, 2.05) is 6.92 Å². The Balaban J connectivity index is 1.57. The highest BCUT2D eigenvalue weighted by Gasteiger charge is 2.30. The quantitative estimate of drug-likeness (QED) is 0.889. The van der Waals surface area contributed by atoms with E-state index in [-0.39, 0.29) is 11.8 Å². The van der Waals surface area contributed by atoms with Crippen LogP contribution in [0, 0.1) is 12.8 Å². The van der Waals surface area contributed by atoms with Crippen LogP contribution in [0.3, 0.4) is 0 Å². The van der Waals surface area contributed by atoms with E-state index in [2.05, 4.69) is 20.2 Å². The zero-order valence-electron chi connectivity index (χ0n) is 11.3. The maximum atomic E-state index is 12.0. The number of rotatable bonds is 3. The molecule has 1 saturated carbocycles. The molecule has 1 aliphatic heterocycles. The van der Waals surface area contributed by atoms with Gasteiger partial charge in [-0.25, -0.2) is 4.98 Å². The molecule has 2 fully saturated rings. The standard InChI is InChI=1S/C14H20N4O/c1-10-13(16-7-6-15-10)18-8-4-11(5-9-18)14(19)17-12-2-3-12/h6-7,11-12H,2-5,8-9H2,1H3,(H,17,19). The summed E-state index contributed by atoms with van der Waals surface area (Å²) in [5, 5.41) is 3.10. The second kappa shape index (κ2) is 5.15. The molecule has 3 rings (SSSR count). The number of aryl methyl sites for hydroxylation is 1. The average molecular weight is 260 g/mol. The molecule has 1 aromatic rings. The monoisotopic (exact) mass is 260 g/mol. The summed E-state index contributed by atoms with van der Waals surface area (Å²) in [7, 11) is 0. The molecule has 1 saturated heterocycles. The Morgan fingerprint density at radius 2 is 1.89 bits per heavy atom. The lowest BCUT2D eigenvalue weighted by Gasteiger charge is -2.32. The largest absolute Gasteiger partial charge is 0.355 e. The summed E-state index contributed by atoms with van der Waals surface area (Å²) in [4.78, 5) is 22.9. The molecule has 0 atom stereocenters. The van der Waals surface area contributed by atoms with Crippen LogP contribution >= 0.6 is 0 Å². The van der Waals surface area contributed by atoms with Crippen molar-refractivity contribution in [2.45, 2.75) is 38.6 Å². The van der Waals surface area contributed by atoms with Crippen molar-refractivity contribution in [3.8, 4) is 0 Å². The minimum atomic E-state index is 0.175. The van der Waals surface area contributed by atoms with Crippen LogP contribution in [0.5, 0.6) is 0 Å². The van der Waals surface area contributed by atoms with Crippen LogP contribution in [0.2, 0.25) is 0 Å². The fraction of sp³-hybridized carbons (Fsp3) is 0.643. The summed E-state index contributed by atoms with van der Waals surface area (Å²) >= 11 is 0. The van der Waals surface area contributed by atoms with Gasteiger partial charge in [-0.05, 0) is 32.6 Å². The number of amides is 1. The number of nitrogens with one attached hydrogen (secondary N) is 1. The summed E-state index contributed by atoms with van der Waals surface area (Å²) in [6.45, 7) is 3.76. The third-order valence-electron chi connectivity index (χ3n) is 3.94. The fourth-order valence-corrected chi connectivity index (χ4v) is 2.61. The van der Waals surface area contributed by atoms with Gasteiger partial charge in [-0.1, -0.05) is 0 Å². The van der Waals surface area contributed by atoms with Gasteiger partial charge in [0, 0.05) is 37.4 Å². The Hall–Kier alpha value is -1.65. The first-order valence-electron chi connectivity index (χ1n) is 7.07. The SMILES string of the molecule is Cc1nccnc1N1CCC(C(=O)NC2CC2)CC1. The van der Waals surface area contributed by atoms with E-state index >= 15 is 0 Å². The van der Waals surface area contributed by atoms with Crippen molar-refractivity contribution in [3.05, 3.63) is 18.1 Å². The molecule has 2 heterocycles. The minimum Gasteiger partial charge on any atom is -0.355 e. The predicted molar refractivity (Wildman–Crippen MR) is 72.9 cm³/mol. The zero-order chi connectivity index (χ0) is 13.2. The topological polar surface area (TPSA) is 58.1 Å². The van der Waals surface area contributed by atoms with E-state index in [4.69, 9.17) is 0 Å². The highest BCUT2D eigenvalue weighted by Crippen LogP contribution is 2.25. The number of nitrogens with zero attached hydrogens (tertiary/aromatic N) is 3. The summed E-state index contributed by atoms with van der Waals surface area (Å²) in [6, 6.07) is 0.466. The van der Waals surface area contributed by atoms with Gasteiger partial charge in [0.2, 0.25) is 5.91 Å². The van der Waals surface area contributed by atoms with Crippen molar-refractivity contribution in [3.63, 3.8) is 0 Å². The molecule has 2 aliphatic rings. The molecule has 1 N–H and O–H groups in total. The lowest BCUT2D eigenvalue weighted by molar-refractivity contribution is -0.125. The van der Waals surface area contributed by atoms with Gasteiger partial charge in [0.1, 0.15) is 5.82 Å². The molecule has 0 bridgehead atoms. The Morgan fingerprint density at radius 3 is 2.53 bits per heavy atom. The van der Waals surface area contributed by atoms with Crippen LogP contribution in [0.25, 0.3) is 0 Å². The molecule has 1 amide bonds. The van der Waals surface area contributed by atoms with Crippen molar-refractivity contribution in [2.24, 2.45) is 5.92 Å². The minimum absolute atomic E-state index is 0.175. The van der Waals surface area contributed by atoms with E-state index < -0.39 is 0 Å².